The van der Waals surface area contributed by atoms with Crippen LogP contribution >= 0.6 is 0 Å². The van der Waals surface area contributed by atoms with E-state index < -0.39 is 0 Å². The van der Waals surface area contributed by atoms with E-state index in [9.17, 15) is 0 Å². The summed E-state index contributed by atoms with van der Waals surface area (Å²) in [7, 11) is 0. The van der Waals surface area contributed by atoms with E-state index in [1.54, 1.807) is 0 Å². The van der Waals surface area contributed by atoms with Crippen molar-refractivity contribution < 1.29 is 4.74 Å². The van der Waals surface area contributed by atoms with E-state index in [0.717, 1.165) is 32.2 Å². The van der Waals surface area contributed by atoms with Gasteiger partial charge < -0.3 is 10.1 Å². The number of nitrogens with zero attached hydrogens (tertiary/aromatic N) is 1. The molecule has 2 fully saturated rings. The van der Waals surface area contributed by atoms with Gasteiger partial charge in [0.15, 0.2) is 0 Å². The highest BCUT2D eigenvalue weighted by Crippen LogP contribution is 2.27. The van der Waals surface area contributed by atoms with Gasteiger partial charge in [0.2, 0.25) is 0 Å². The summed E-state index contributed by atoms with van der Waals surface area (Å²) in [5.74, 6) is 0.898. The molecule has 0 radical (unpaired) electrons. The molecule has 1 aliphatic heterocycles. The van der Waals surface area contributed by atoms with Crippen LogP contribution in [0.5, 0.6) is 0 Å². The normalized spacial score (nSPS) is 29.0. The monoisotopic (exact) mass is 254 g/mol. The summed E-state index contributed by atoms with van der Waals surface area (Å²) in [6, 6.07) is 1.30. The van der Waals surface area contributed by atoms with Gasteiger partial charge in [0.25, 0.3) is 0 Å². The lowest BCUT2D eigenvalue weighted by Gasteiger charge is -2.36. The number of rotatable bonds is 5. The van der Waals surface area contributed by atoms with Crippen LogP contribution in [0.4, 0.5) is 0 Å². The van der Waals surface area contributed by atoms with Crippen molar-refractivity contribution in [2.75, 3.05) is 26.2 Å². The third-order valence-electron chi connectivity index (χ3n) is 4.67. The van der Waals surface area contributed by atoms with E-state index in [1.807, 2.05) is 0 Å². The SMILES string of the molecule is CC(NCC1CN(C(C)C)CCO1)C1CCCC1. The Balaban J connectivity index is 1.69. The average molecular weight is 254 g/mol. The molecule has 0 aromatic carbocycles. The smallest absolute Gasteiger partial charge is 0.0826 e. The molecule has 1 N–H and O–H groups in total. The van der Waals surface area contributed by atoms with Gasteiger partial charge in [0.1, 0.15) is 0 Å². The van der Waals surface area contributed by atoms with Crippen molar-refractivity contribution in [1.82, 2.24) is 10.2 Å². The largest absolute Gasteiger partial charge is 0.374 e. The Kier molecular flexibility index (Phi) is 5.46. The molecule has 2 unspecified atom stereocenters. The summed E-state index contributed by atoms with van der Waals surface area (Å²) in [5, 5.41) is 3.70. The molecule has 18 heavy (non-hydrogen) atoms. The number of ether oxygens (including phenoxy) is 1. The highest BCUT2D eigenvalue weighted by Gasteiger charge is 2.25. The van der Waals surface area contributed by atoms with Crippen molar-refractivity contribution >= 4 is 0 Å². The van der Waals surface area contributed by atoms with Gasteiger partial charge in [-0.05, 0) is 39.5 Å². The van der Waals surface area contributed by atoms with Gasteiger partial charge >= 0.3 is 0 Å². The first-order valence-corrected chi connectivity index (χ1v) is 7.76. The van der Waals surface area contributed by atoms with Crippen LogP contribution in [-0.2, 0) is 4.74 Å². The predicted octanol–water partition coefficient (Wildman–Crippen LogP) is 2.26. The van der Waals surface area contributed by atoms with Crippen LogP contribution in [0.25, 0.3) is 0 Å². The number of morpholine rings is 1. The van der Waals surface area contributed by atoms with Crippen LogP contribution in [-0.4, -0.2) is 49.3 Å². The quantitative estimate of drug-likeness (QED) is 0.814. The number of hydrogen-bond donors (Lipinski definition) is 1. The number of nitrogens with one attached hydrogen (secondary N) is 1. The Hall–Kier alpha value is -0.120. The minimum Gasteiger partial charge on any atom is -0.374 e. The molecule has 1 aliphatic carbocycles. The second-order valence-corrected chi connectivity index (χ2v) is 6.32. The minimum absolute atomic E-state index is 0.380. The van der Waals surface area contributed by atoms with E-state index in [1.165, 1.54) is 25.7 Å². The van der Waals surface area contributed by atoms with Gasteiger partial charge in [-0.15, -0.1) is 0 Å². The molecule has 2 aliphatic rings. The predicted molar refractivity (Wildman–Crippen MR) is 75.9 cm³/mol. The topological polar surface area (TPSA) is 24.5 Å². The molecule has 2 atom stereocenters. The van der Waals surface area contributed by atoms with Gasteiger partial charge in [-0.1, -0.05) is 12.8 Å². The van der Waals surface area contributed by atoms with Crippen molar-refractivity contribution in [2.24, 2.45) is 5.92 Å². The van der Waals surface area contributed by atoms with Crippen LogP contribution in [0.1, 0.15) is 46.5 Å². The molecule has 1 saturated heterocycles. The first kappa shape index (κ1) is 14.3. The molecule has 0 bridgehead atoms. The maximum atomic E-state index is 5.87. The molecule has 0 aromatic heterocycles. The van der Waals surface area contributed by atoms with E-state index >= 15 is 0 Å². The zero-order chi connectivity index (χ0) is 13.0. The van der Waals surface area contributed by atoms with E-state index in [2.05, 4.69) is 31.0 Å². The molecule has 1 heterocycles. The fraction of sp³-hybridized carbons (Fsp3) is 1.00. The zero-order valence-corrected chi connectivity index (χ0v) is 12.3. The van der Waals surface area contributed by atoms with Crippen LogP contribution in [0, 0.1) is 5.92 Å². The summed E-state index contributed by atoms with van der Waals surface area (Å²) < 4.78 is 5.87. The Morgan fingerprint density at radius 1 is 1.22 bits per heavy atom. The fourth-order valence-corrected chi connectivity index (χ4v) is 3.28. The van der Waals surface area contributed by atoms with E-state index in [-0.39, 0.29) is 0 Å². The molecule has 0 amide bonds. The third kappa shape index (κ3) is 3.94. The molecule has 2 rings (SSSR count). The van der Waals surface area contributed by atoms with Gasteiger partial charge in [-0.25, -0.2) is 0 Å². The van der Waals surface area contributed by atoms with Crippen molar-refractivity contribution in [3.05, 3.63) is 0 Å². The van der Waals surface area contributed by atoms with Crippen LogP contribution < -0.4 is 5.32 Å². The molecule has 3 heteroatoms. The highest BCUT2D eigenvalue weighted by atomic mass is 16.5. The van der Waals surface area contributed by atoms with Crippen molar-refractivity contribution in [2.45, 2.75) is 64.6 Å². The maximum Gasteiger partial charge on any atom is 0.0826 e. The molecule has 1 saturated carbocycles. The molecule has 3 nitrogen and oxygen atoms in total. The van der Waals surface area contributed by atoms with Crippen molar-refractivity contribution in [3.63, 3.8) is 0 Å². The second kappa shape index (κ2) is 6.88. The van der Waals surface area contributed by atoms with E-state index in [4.69, 9.17) is 4.74 Å². The van der Waals surface area contributed by atoms with Gasteiger partial charge in [-0.2, -0.15) is 0 Å². The standard InChI is InChI=1S/C15H30N2O/c1-12(2)17-8-9-18-15(11-17)10-16-13(3)14-6-4-5-7-14/h12-16H,4-11H2,1-3H3. The Bertz CT molecular complexity index is 239. The Labute approximate surface area is 112 Å². The highest BCUT2D eigenvalue weighted by molar-refractivity contribution is 4.81. The van der Waals surface area contributed by atoms with Crippen LogP contribution in [0.15, 0.2) is 0 Å². The van der Waals surface area contributed by atoms with Crippen molar-refractivity contribution in [3.8, 4) is 0 Å². The van der Waals surface area contributed by atoms with Gasteiger partial charge in [-0.3, -0.25) is 4.90 Å². The lowest BCUT2D eigenvalue weighted by atomic mass is 10.00. The second-order valence-electron chi connectivity index (χ2n) is 6.32. The van der Waals surface area contributed by atoms with Crippen LogP contribution in [0.2, 0.25) is 0 Å². The molecule has 0 aromatic rings. The summed E-state index contributed by atoms with van der Waals surface area (Å²) in [6.07, 6.45) is 6.07. The summed E-state index contributed by atoms with van der Waals surface area (Å²) in [4.78, 5) is 2.52. The fourth-order valence-electron chi connectivity index (χ4n) is 3.28. The first-order chi connectivity index (χ1) is 8.66. The molecular formula is C15H30N2O. The molecular weight excluding hydrogens is 224 g/mol. The van der Waals surface area contributed by atoms with Gasteiger partial charge in [0, 0.05) is 31.7 Å². The zero-order valence-electron chi connectivity index (χ0n) is 12.3. The van der Waals surface area contributed by atoms with Gasteiger partial charge in [0.05, 0.1) is 12.7 Å². The lowest BCUT2D eigenvalue weighted by molar-refractivity contribution is -0.0385. The Morgan fingerprint density at radius 2 is 1.94 bits per heavy atom. The molecule has 106 valence electrons. The van der Waals surface area contributed by atoms with E-state index in [0.29, 0.717) is 18.2 Å². The summed E-state index contributed by atoms with van der Waals surface area (Å²) in [6.45, 7) is 11.0. The minimum atomic E-state index is 0.380. The summed E-state index contributed by atoms with van der Waals surface area (Å²) >= 11 is 0. The first-order valence-electron chi connectivity index (χ1n) is 7.76. The molecule has 0 spiro atoms. The average Bonchev–Trinajstić information content (AvgIpc) is 2.90. The number of hydrogen-bond acceptors (Lipinski definition) is 3. The van der Waals surface area contributed by atoms with Crippen molar-refractivity contribution in [1.29, 1.82) is 0 Å². The summed E-state index contributed by atoms with van der Waals surface area (Å²) in [5.41, 5.74) is 0. The lowest BCUT2D eigenvalue weighted by Crippen LogP contribution is -2.50. The van der Waals surface area contributed by atoms with Crippen LogP contribution in [0.3, 0.4) is 0 Å². The third-order valence-corrected chi connectivity index (χ3v) is 4.67. The Morgan fingerprint density at radius 3 is 2.61 bits per heavy atom. The maximum absolute atomic E-state index is 5.87.